The second-order valence-electron chi connectivity index (χ2n) is 7.58. The maximum absolute atomic E-state index is 12.9. The molecule has 0 radical (unpaired) electrons. The highest BCUT2D eigenvalue weighted by molar-refractivity contribution is 7.08. The zero-order valence-electron chi connectivity index (χ0n) is 16.8. The first-order valence-electron chi connectivity index (χ1n) is 10.0. The third-order valence-electron chi connectivity index (χ3n) is 5.70. The molecule has 1 aliphatic rings. The Labute approximate surface area is 183 Å². The number of rotatable bonds is 5. The largest absolute Gasteiger partial charge is 0.388 e. The van der Waals surface area contributed by atoms with Gasteiger partial charge in [-0.3, -0.25) is 14.4 Å². The predicted octanol–water partition coefficient (Wildman–Crippen LogP) is 1.83. The molecule has 4 rings (SSSR count). The van der Waals surface area contributed by atoms with Gasteiger partial charge in [-0.05, 0) is 29.5 Å². The minimum atomic E-state index is -1.01. The quantitative estimate of drug-likeness (QED) is 0.637. The molecule has 3 heterocycles. The molecular formula is C23H23N3O4S. The fraction of sp³-hybridized carbons (Fsp3) is 0.261. The van der Waals surface area contributed by atoms with Crippen molar-refractivity contribution in [3.63, 3.8) is 0 Å². The van der Waals surface area contributed by atoms with Crippen LogP contribution in [-0.2, 0) is 16.9 Å². The number of hydrogen-bond acceptors (Lipinski definition) is 5. The van der Waals surface area contributed by atoms with Gasteiger partial charge in [0.25, 0.3) is 11.5 Å². The van der Waals surface area contributed by atoms with Crippen LogP contribution in [0.25, 0.3) is 0 Å². The third kappa shape index (κ3) is 4.30. The van der Waals surface area contributed by atoms with Crippen molar-refractivity contribution < 1.29 is 14.7 Å². The number of nitrogens with one attached hydrogen (secondary N) is 1. The van der Waals surface area contributed by atoms with Crippen molar-refractivity contribution in [2.24, 2.45) is 0 Å². The van der Waals surface area contributed by atoms with Gasteiger partial charge in [0.2, 0.25) is 5.91 Å². The van der Waals surface area contributed by atoms with E-state index >= 15 is 0 Å². The molecular weight excluding hydrogens is 414 g/mol. The summed E-state index contributed by atoms with van der Waals surface area (Å²) in [6.45, 7) is 0.307. The Hall–Kier alpha value is -3.23. The summed E-state index contributed by atoms with van der Waals surface area (Å²) in [4.78, 5) is 39.1. The van der Waals surface area contributed by atoms with E-state index in [1.54, 1.807) is 34.7 Å². The molecule has 0 aliphatic carbocycles. The average molecular weight is 438 g/mol. The molecule has 8 heteroatoms. The highest BCUT2D eigenvalue weighted by Crippen LogP contribution is 2.34. The first-order valence-corrected chi connectivity index (χ1v) is 11.0. The molecule has 1 saturated heterocycles. The monoisotopic (exact) mass is 437 g/mol. The van der Waals surface area contributed by atoms with Crippen LogP contribution in [-0.4, -0.2) is 45.6 Å². The fourth-order valence-electron chi connectivity index (χ4n) is 3.96. The molecule has 160 valence electrons. The number of pyridine rings is 1. The number of carbonyl (C=O) groups excluding carboxylic acids is 2. The lowest BCUT2D eigenvalue weighted by Crippen LogP contribution is -2.63. The number of benzene rings is 1. The Morgan fingerprint density at radius 3 is 2.58 bits per heavy atom. The first kappa shape index (κ1) is 21.0. The smallest absolute Gasteiger partial charge is 0.252 e. The summed E-state index contributed by atoms with van der Waals surface area (Å²) in [5.74, 6) is -0.516. The van der Waals surface area contributed by atoms with Crippen molar-refractivity contribution in [2.75, 3.05) is 13.1 Å². The van der Waals surface area contributed by atoms with E-state index in [0.717, 1.165) is 5.56 Å². The normalized spacial score (nSPS) is 20.9. The van der Waals surface area contributed by atoms with Crippen molar-refractivity contribution in [1.82, 2.24) is 14.8 Å². The molecule has 0 spiro atoms. The molecule has 3 aromatic rings. The van der Waals surface area contributed by atoms with Crippen LogP contribution in [0.3, 0.4) is 0 Å². The lowest BCUT2D eigenvalue weighted by molar-refractivity contribution is -0.137. The number of nitrogens with zero attached hydrogens (tertiary/aromatic N) is 2. The predicted molar refractivity (Wildman–Crippen MR) is 118 cm³/mol. The summed E-state index contributed by atoms with van der Waals surface area (Å²) < 4.78 is 1.34. The number of β-amino-alcohol motifs (C(OH)–C–C–N with tert-alkyl or cyclic N) is 1. The van der Waals surface area contributed by atoms with E-state index in [1.807, 2.05) is 35.7 Å². The lowest BCUT2D eigenvalue weighted by atomic mass is 9.78. The number of aliphatic hydroxyl groups excluding tert-OH is 1. The lowest BCUT2D eigenvalue weighted by Gasteiger charge is -2.46. The highest BCUT2D eigenvalue weighted by Gasteiger charge is 2.46. The van der Waals surface area contributed by atoms with E-state index in [2.05, 4.69) is 5.32 Å². The number of aliphatic hydroxyl groups is 1. The van der Waals surface area contributed by atoms with Crippen LogP contribution in [0.1, 0.15) is 22.3 Å². The summed E-state index contributed by atoms with van der Waals surface area (Å²) in [5, 5.41) is 17.8. The van der Waals surface area contributed by atoms with Crippen LogP contribution >= 0.6 is 11.3 Å². The Kier molecular flexibility index (Phi) is 6.01. The minimum absolute atomic E-state index is 0.0548. The minimum Gasteiger partial charge on any atom is -0.388 e. The van der Waals surface area contributed by atoms with Crippen molar-refractivity contribution in [3.05, 3.63) is 93.0 Å². The molecule has 0 bridgehead atoms. The fourth-order valence-corrected chi connectivity index (χ4v) is 4.59. The summed E-state index contributed by atoms with van der Waals surface area (Å²) in [5.41, 5.74) is 0.0580. The number of carbonyl (C=O) groups is 2. The van der Waals surface area contributed by atoms with Gasteiger partial charge in [0, 0.05) is 30.7 Å². The molecule has 1 aromatic carbocycles. The summed E-state index contributed by atoms with van der Waals surface area (Å²) in [7, 11) is 0. The molecule has 1 fully saturated rings. The van der Waals surface area contributed by atoms with Gasteiger partial charge in [-0.25, -0.2) is 0 Å². The van der Waals surface area contributed by atoms with Crippen LogP contribution < -0.4 is 10.9 Å². The molecule has 0 saturated carbocycles. The summed E-state index contributed by atoms with van der Waals surface area (Å²) >= 11 is 1.43. The van der Waals surface area contributed by atoms with Gasteiger partial charge in [0.15, 0.2) is 0 Å². The van der Waals surface area contributed by atoms with E-state index in [-0.39, 0.29) is 30.5 Å². The third-order valence-corrected chi connectivity index (χ3v) is 6.39. The van der Waals surface area contributed by atoms with Gasteiger partial charge in [0.05, 0.1) is 17.2 Å². The molecule has 2 amide bonds. The average Bonchev–Trinajstić information content (AvgIpc) is 3.32. The maximum Gasteiger partial charge on any atom is 0.252 e. The van der Waals surface area contributed by atoms with Gasteiger partial charge in [-0.15, -0.1) is 0 Å². The molecule has 2 N–H and O–H groups in total. The number of aromatic nitrogens is 1. The topological polar surface area (TPSA) is 91.6 Å². The van der Waals surface area contributed by atoms with Crippen LogP contribution in [0.15, 0.2) is 76.3 Å². The highest BCUT2D eigenvalue weighted by atomic mass is 32.1. The second kappa shape index (κ2) is 8.87. The van der Waals surface area contributed by atoms with E-state index < -0.39 is 11.6 Å². The molecule has 31 heavy (non-hydrogen) atoms. The second-order valence-corrected chi connectivity index (χ2v) is 8.36. The van der Waals surface area contributed by atoms with Gasteiger partial charge >= 0.3 is 0 Å². The zero-order chi connectivity index (χ0) is 21.8. The van der Waals surface area contributed by atoms with Crippen molar-refractivity contribution >= 4 is 23.2 Å². The van der Waals surface area contributed by atoms with Gasteiger partial charge < -0.3 is 19.9 Å². The van der Waals surface area contributed by atoms with E-state index in [0.29, 0.717) is 18.5 Å². The molecule has 0 unspecified atom stereocenters. The van der Waals surface area contributed by atoms with Gasteiger partial charge in [-0.1, -0.05) is 36.4 Å². The Balaban J connectivity index is 1.56. The number of thiophene rings is 1. The summed E-state index contributed by atoms with van der Waals surface area (Å²) in [6.07, 6.45) is 0.905. The molecule has 2 atom stereocenters. The standard InChI is InChI=1S/C23H23N3O4S/c27-19-14-26(21(29)15-25-11-5-4-8-20(25)28)12-10-23(19,18-6-2-1-3-7-18)24-22(30)17-9-13-31-16-17/h1-9,11,13,16,19,27H,10,12,14-15H2,(H,24,30)/t19-,23+/m1/s1. The number of hydrogen-bond donors (Lipinski definition) is 2. The van der Waals surface area contributed by atoms with E-state index in [1.165, 1.54) is 22.0 Å². The van der Waals surface area contributed by atoms with E-state index in [9.17, 15) is 19.5 Å². The van der Waals surface area contributed by atoms with Gasteiger partial charge in [-0.2, -0.15) is 11.3 Å². The van der Waals surface area contributed by atoms with Crippen molar-refractivity contribution in [1.29, 1.82) is 0 Å². The van der Waals surface area contributed by atoms with Crippen molar-refractivity contribution in [2.45, 2.75) is 24.6 Å². The van der Waals surface area contributed by atoms with Crippen LogP contribution in [0, 0.1) is 0 Å². The Morgan fingerprint density at radius 2 is 1.90 bits per heavy atom. The number of likely N-dealkylation sites (tertiary alicyclic amines) is 1. The van der Waals surface area contributed by atoms with Crippen LogP contribution in [0.2, 0.25) is 0 Å². The molecule has 7 nitrogen and oxygen atoms in total. The number of amides is 2. The van der Waals surface area contributed by atoms with E-state index in [4.69, 9.17) is 0 Å². The maximum atomic E-state index is 12.9. The van der Waals surface area contributed by atoms with Crippen LogP contribution in [0.5, 0.6) is 0 Å². The summed E-state index contributed by atoms with van der Waals surface area (Å²) in [6, 6.07) is 15.8. The Bertz CT molecular complexity index is 1110. The first-order chi connectivity index (χ1) is 15.0. The number of piperidine rings is 1. The Morgan fingerprint density at radius 1 is 1.13 bits per heavy atom. The van der Waals surface area contributed by atoms with Crippen LogP contribution in [0.4, 0.5) is 0 Å². The zero-order valence-corrected chi connectivity index (χ0v) is 17.6. The molecule has 1 aliphatic heterocycles. The molecule has 2 aromatic heterocycles. The van der Waals surface area contributed by atoms with Crippen molar-refractivity contribution in [3.8, 4) is 0 Å². The van der Waals surface area contributed by atoms with Gasteiger partial charge in [0.1, 0.15) is 6.54 Å². The SMILES string of the molecule is O=C(N[C@]1(c2ccccc2)CCN(C(=O)Cn2ccccc2=O)C[C@H]1O)c1ccsc1.